The van der Waals surface area contributed by atoms with Crippen LogP contribution in [0.3, 0.4) is 0 Å². The predicted molar refractivity (Wildman–Crippen MR) is 105 cm³/mol. The van der Waals surface area contributed by atoms with Crippen LogP contribution in [0, 0.1) is 6.92 Å². The first-order valence-electron chi connectivity index (χ1n) is 9.17. The summed E-state index contributed by atoms with van der Waals surface area (Å²) in [6.07, 6.45) is 3.82. The lowest BCUT2D eigenvalue weighted by Crippen LogP contribution is -2.36. The molecule has 0 spiro atoms. The van der Waals surface area contributed by atoms with E-state index in [0.29, 0.717) is 12.4 Å². The quantitative estimate of drug-likeness (QED) is 0.622. The SMILES string of the molecule is Cc1nn(CC(=O)N(C)[C@@H](C)c2ccncn2)c(=O)n1CCc1ccccc1. The lowest BCUT2D eigenvalue weighted by molar-refractivity contribution is -0.132. The number of hydrogen-bond donors (Lipinski definition) is 0. The average Bonchev–Trinajstić information content (AvgIpc) is 2.99. The Hall–Kier alpha value is -3.29. The maximum absolute atomic E-state index is 12.7. The van der Waals surface area contributed by atoms with Gasteiger partial charge >= 0.3 is 5.69 Å². The molecule has 0 unspecified atom stereocenters. The molecular weight excluding hydrogens is 356 g/mol. The van der Waals surface area contributed by atoms with E-state index in [4.69, 9.17) is 0 Å². The number of benzene rings is 1. The van der Waals surface area contributed by atoms with Gasteiger partial charge in [-0.3, -0.25) is 9.36 Å². The fraction of sp³-hybridized carbons (Fsp3) is 0.350. The number of rotatable bonds is 7. The molecule has 0 aliphatic rings. The Balaban J connectivity index is 1.69. The summed E-state index contributed by atoms with van der Waals surface area (Å²) in [6.45, 7) is 4.08. The summed E-state index contributed by atoms with van der Waals surface area (Å²) in [5.74, 6) is 0.390. The first-order valence-corrected chi connectivity index (χ1v) is 9.17. The first-order chi connectivity index (χ1) is 13.5. The van der Waals surface area contributed by atoms with Gasteiger partial charge in [0.25, 0.3) is 0 Å². The molecule has 0 fully saturated rings. The highest BCUT2D eigenvalue weighted by Gasteiger charge is 2.21. The van der Waals surface area contributed by atoms with Gasteiger partial charge < -0.3 is 4.90 Å². The number of amides is 1. The molecule has 0 aliphatic carbocycles. The largest absolute Gasteiger partial charge is 0.346 e. The molecule has 0 radical (unpaired) electrons. The lowest BCUT2D eigenvalue weighted by Gasteiger charge is -2.24. The predicted octanol–water partition coefficient (Wildman–Crippen LogP) is 1.61. The molecule has 0 aliphatic heterocycles. The number of carbonyl (C=O) groups excluding carboxylic acids is 1. The zero-order chi connectivity index (χ0) is 20.1. The molecule has 0 N–H and O–H groups in total. The molecule has 1 amide bonds. The summed E-state index contributed by atoms with van der Waals surface area (Å²) in [7, 11) is 1.69. The van der Waals surface area contributed by atoms with E-state index in [1.165, 1.54) is 11.0 Å². The van der Waals surface area contributed by atoms with Crippen LogP contribution in [-0.2, 0) is 24.3 Å². The van der Waals surface area contributed by atoms with E-state index >= 15 is 0 Å². The van der Waals surface area contributed by atoms with E-state index in [1.54, 1.807) is 35.7 Å². The van der Waals surface area contributed by atoms with Gasteiger partial charge in [0.15, 0.2) is 0 Å². The number of carbonyl (C=O) groups is 1. The minimum Gasteiger partial charge on any atom is -0.336 e. The van der Waals surface area contributed by atoms with Crippen molar-refractivity contribution >= 4 is 5.91 Å². The monoisotopic (exact) mass is 380 g/mol. The topological polar surface area (TPSA) is 85.9 Å². The standard InChI is InChI=1S/C20H24N6O2/c1-15(18-9-11-21-14-22-18)24(3)19(27)13-26-20(28)25(16(2)23-26)12-10-17-7-5-4-6-8-17/h4-9,11,14-15H,10,12-13H2,1-3H3/t15-/m0/s1. The summed E-state index contributed by atoms with van der Waals surface area (Å²) in [6, 6.07) is 11.5. The maximum Gasteiger partial charge on any atom is 0.346 e. The lowest BCUT2D eigenvalue weighted by atomic mass is 10.1. The number of aromatic nitrogens is 5. The first kappa shape index (κ1) is 19.5. The van der Waals surface area contributed by atoms with Crippen molar-refractivity contribution in [1.29, 1.82) is 0 Å². The highest BCUT2D eigenvalue weighted by molar-refractivity contribution is 5.76. The molecule has 0 bridgehead atoms. The molecule has 1 atom stereocenters. The van der Waals surface area contributed by atoms with Crippen molar-refractivity contribution in [1.82, 2.24) is 29.2 Å². The van der Waals surface area contributed by atoms with Gasteiger partial charge in [-0.1, -0.05) is 30.3 Å². The summed E-state index contributed by atoms with van der Waals surface area (Å²) in [5.41, 5.74) is 1.61. The van der Waals surface area contributed by atoms with Gasteiger partial charge in [0.1, 0.15) is 18.7 Å². The zero-order valence-electron chi connectivity index (χ0n) is 16.3. The Labute approximate surface area is 163 Å². The zero-order valence-corrected chi connectivity index (χ0v) is 16.3. The Kier molecular flexibility index (Phi) is 5.98. The molecule has 1 aromatic carbocycles. The van der Waals surface area contributed by atoms with Crippen LogP contribution in [0.15, 0.2) is 53.7 Å². The van der Waals surface area contributed by atoms with E-state index < -0.39 is 0 Å². The van der Waals surface area contributed by atoms with Gasteiger partial charge in [-0.05, 0) is 31.9 Å². The summed E-state index contributed by atoms with van der Waals surface area (Å²) >= 11 is 0. The van der Waals surface area contributed by atoms with Crippen molar-refractivity contribution in [2.45, 2.75) is 39.4 Å². The maximum atomic E-state index is 12.7. The minimum absolute atomic E-state index is 0.107. The molecule has 0 saturated carbocycles. The van der Waals surface area contributed by atoms with Gasteiger partial charge in [0, 0.05) is 19.8 Å². The van der Waals surface area contributed by atoms with Crippen LogP contribution >= 0.6 is 0 Å². The Morgan fingerprint density at radius 2 is 1.96 bits per heavy atom. The van der Waals surface area contributed by atoms with Crippen LogP contribution in [0.5, 0.6) is 0 Å². The van der Waals surface area contributed by atoms with E-state index in [2.05, 4.69) is 15.1 Å². The molecule has 2 aromatic heterocycles. The minimum atomic E-state index is -0.273. The van der Waals surface area contributed by atoms with Gasteiger partial charge in [0.2, 0.25) is 5.91 Å². The second-order valence-electron chi connectivity index (χ2n) is 6.69. The van der Waals surface area contributed by atoms with Crippen LogP contribution in [0.4, 0.5) is 0 Å². The molecule has 0 saturated heterocycles. The van der Waals surface area contributed by atoms with Crippen molar-refractivity contribution in [2.24, 2.45) is 0 Å². The van der Waals surface area contributed by atoms with Crippen molar-refractivity contribution in [3.63, 3.8) is 0 Å². The van der Waals surface area contributed by atoms with Crippen molar-refractivity contribution in [3.8, 4) is 0 Å². The second-order valence-corrected chi connectivity index (χ2v) is 6.69. The average molecular weight is 380 g/mol. The fourth-order valence-electron chi connectivity index (χ4n) is 3.00. The van der Waals surface area contributed by atoms with E-state index in [9.17, 15) is 9.59 Å². The normalized spacial score (nSPS) is 12.0. The molecule has 8 heteroatoms. The Morgan fingerprint density at radius 1 is 1.21 bits per heavy atom. The van der Waals surface area contributed by atoms with Crippen LogP contribution in [-0.4, -0.2) is 42.2 Å². The smallest absolute Gasteiger partial charge is 0.336 e. The third kappa shape index (κ3) is 4.33. The summed E-state index contributed by atoms with van der Waals surface area (Å²) < 4.78 is 2.83. The Bertz CT molecular complexity index is 981. The number of aryl methyl sites for hydroxylation is 2. The molecule has 3 rings (SSSR count). The molecule has 2 heterocycles. The third-order valence-corrected chi connectivity index (χ3v) is 4.87. The van der Waals surface area contributed by atoms with Crippen molar-refractivity contribution in [2.75, 3.05) is 7.05 Å². The molecule has 146 valence electrons. The fourth-order valence-corrected chi connectivity index (χ4v) is 3.00. The molecule has 8 nitrogen and oxygen atoms in total. The van der Waals surface area contributed by atoms with E-state index in [-0.39, 0.29) is 24.2 Å². The third-order valence-electron chi connectivity index (χ3n) is 4.87. The number of likely N-dealkylation sites (N-methyl/N-ethyl adjacent to an activating group) is 1. The summed E-state index contributed by atoms with van der Waals surface area (Å²) in [4.78, 5) is 35.0. The number of hydrogen-bond acceptors (Lipinski definition) is 5. The summed E-state index contributed by atoms with van der Waals surface area (Å²) in [5, 5.41) is 4.27. The van der Waals surface area contributed by atoms with E-state index in [1.807, 2.05) is 37.3 Å². The van der Waals surface area contributed by atoms with Gasteiger partial charge in [-0.15, -0.1) is 0 Å². The highest BCUT2D eigenvalue weighted by Crippen LogP contribution is 2.15. The van der Waals surface area contributed by atoms with Gasteiger partial charge in [0.05, 0.1) is 11.7 Å². The van der Waals surface area contributed by atoms with Crippen molar-refractivity contribution < 1.29 is 4.79 Å². The van der Waals surface area contributed by atoms with Crippen LogP contribution in [0.25, 0.3) is 0 Å². The molecule has 28 heavy (non-hydrogen) atoms. The van der Waals surface area contributed by atoms with E-state index in [0.717, 1.165) is 17.7 Å². The molecule has 3 aromatic rings. The van der Waals surface area contributed by atoms with Gasteiger partial charge in [-0.25, -0.2) is 19.4 Å². The molecular formula is C20H24N6O2. The van der Waals surface area contributed by atoms with Crippen LogP contribution in [0.1, 0.15) is 30.0 Å². The number of nitrogens with zero attached hydrogens (tertiary/aromatic N) is 6. The Morgan fingerprint density at radius 3 is 2.64 bits per heavy atom. The second kappa shape index (κ2) is 8.60. The highest BCUT2D eigenvalue weighted by atomic mass is 16.2. The van der Waals surface area contributed by atoms with Crippen LogP contribution < -0.4 is 5.69 Å². The van der Waals surface area contributed by atoms with Crippen molar-refractivity contribution in [3.05, 3.63) is 76.5 Å². The van der Waals surface area contributed by atoms with Crippen LogP contribution in [0.2, 0.25) is 0 Å². The van der Waals surface area contributed by atoms with Gasteiger partial charge in [-0.2, -0.15) is 5.10 Å².